The average molecular weight is 254 g/mol. The third kappa shape index (κ3) is 1.97. The number of esters is 1. The second-order valence-electron chi connectivity index (χ2n) is 4.74. The van der Waals surface area contributed by atoms with Gasteiger partial charge in [0.1, 0.15) is 12.2 Å². The molecule has 98 valence electrons. The van der Waals surface area contributed by atoms with Gasteiger partial charge in [-0.2, -0.15) is 0 Å². The lowest BCUT2D eigenvalue weighted by molar-refractivity contribution is -0.149. The smallest absolute Gasteiger partial charge is 0.455 e. The van der Waals surface area contributed by atoms with Crippen LogP contribution < -0.4 is 0 Å². The van der Waals surface area contributed by atoms with E-state index in [-0.39, 0.29) is 32.4 Å². The lowest BCUT2D eigenvalue weighted by Crippen LogP contribution is -2.39. The van der Waals surface area contributed by atoms with Crippen molar-refractivity contribution in [1.29, 1.82) is 0 Å². The van der Waals surface area contributed by atoms with Gasteiger partial charge in [-0.15, -0.1) is 0 Å². The molecule has 3 rings (SSSR count). The molecular formula is C10H16B2O6. The molecule has 0 radical (unpaired) electrons. The van der Waals surface area contributed by atoms with Crippen LogP contribution in [0.2, 0.25) is 12.6 Å². The summed E-state index contributed by atoms with van der Waals surface area (Å²) in [7, 11) is -0.531. The fraction of sp³-hybridized carbons (Fsp3) is 0.900. The molecule has 0 aromatic carbocycles. The molecular weight excluding hydrogens is 238 g/mol. The zero-order chi connectivity index (χ0) is 12.7. The van der Waals surface area contributed by atoms with E-state index in [1.165, 1.54) is 0 Å². The van der Waals surface area contributed by atoms with Gasteiger partial charge in [-0.3, -0.25) is 0 Å². The number of rotatable bonds is 3. The maximum atomic E-state index is 11.7. The summed E-state index contributed by atoms with van der Waals surface area (Å²) in [6.07, 6.45) is -0.160. The predicted octanol–water partition coefficient (Wildman–Crippen LogP) is 0.127. The molecule has 3 aliphatic heterocycles. The fourth-order valence-corrected chi connectivity index (χ4v) is 2.57. The van der Waals surface area contributed by atoms with Crippen molar-refractivity contribution in [3.05, 3.63) is 0 Å². The first-order valence-corrected chi connectivity index (χ1v) is 6.51. The van der Waals surface area contributed by atoms with E-state index < -0.39 is 12.2 Å². The second kappa shape index (κ2) is 4.85. The van der Waals surface area contributed by atoms with Crippen LogP contribution in [0.5, 0.6) is 0 Å². The monoisotopic (exact) mass is 254 g/mol. The minimum atomic E-state index is -0.607. The topological polar surface area (TPSA) is 63.2 Å². The lowest BCUT2D eigenvalue weighted by atomic mass is 9.86. The Hall–Kier alpha value is -0.560. The molecule has 3 saturated heterocycles. The molecule has 0 amide bonds. The van der Waals surface area contributed by atoms with Gasteiger partial charge in [0, 0.05) is 0 Å². The van der Waals surface area contributed by atoms with Crippen LogP contribution >= 0.6 is 0 Å². The van der Waals surface area contributed by atoms with Gasteiger partial charge in [0.15, 0.2) is 12.2 Å². The van der Waals surface area contributed by atoms with E-state index in [2.05, 4.69) is 0 Å². The maximum absolute atomic E-state index is 11.7. The van der Waals surface area contributed by atoms with Crippen molar-refractivity contribution in [2.45, 2.75) is 50.9 Å². The summed E-state index contributed by atoms with van der Waals surface area (Å²) in [6, 6.07) is 0. The highest BCUT2D eigenvalue weighted by atomic mass is 16.7. The lowest BCUT2D eigenvalue weighted by Gasteiger charge is -2.21. The predicted molar refractivity (Wildman–Crippen MR) is 62.9 cm³/mol. The van der Waals surface area contributed by atoms with Gasteiger partial charge >= 0.3 is 20.2 Å². The molecule has 0 saturated carbocycles. The molecule has 4 atom stereocenters. The van der Waals surface area contributed by atoms with Crippen LogP contribution in [-0.2, 0) is 28.1 Å². The largest absolute Gasteiger partial charge is 0.457 e. The van der Waals surface area contributed by atoms with Crippen molar-refractivity contribution < 1.29 is 28.1 Å². The standard InChI is InChI=1S/C10H16B2O6/c1-3-11-14-5-6(16-11)7-8-9(10(13)15-7)18-12(4-2)17-8/h6-9H,3-5H2,1-2H3/t6-,7+,8-,9-/m1/s1. The Morgan fingerprint density at radius 2 is 1.89 bits per heavy atom. The van der Waals surface area contributed by atoms with Crippen LogP contribution in [0.4, 0.5) is 0 Å². The number of hydrogen-bond acceptors (Lipinski definition) is 6. The second-order valence-corrected chi connectivity index (χ2v) is 4.74. The first-order valence-electron chi connectivity index (χ1n) is 6.51. The van der Waals surface area contributed by atoms with E-state index in [9.17, 15) is 4.79 Å². The molecule has 3 heterocycles. The van der Waals surface area contributed by atoms with Crippen molar-refractivity contribution in [3.63, 3.8) is 0 Å². The van der Waals surface area contributed by atoms with Crippen LogP contribution in [0.15, 0.2) is 0 Å². The van der Waals surface area contributed by atoms with Gasteiger partial charge < -0.3 is 23.4 Å². The molecule has 0 bridgehead atoms. The first kappa shape index (κ1) is 12.5. The zero-order valence-electron chi connectivity index (χ0n) is 10.5. The summed E-state index contributed by atoms with van der Waals surface area (Å²) in [5.41, 5.74) is 0. The summed E-state index contributed by atoms with van der Waals surface area (Å²) in [5, 5.41) is 0. The van der Waals surface area contributed by atoms with Gasteiger partial charge in [-0.25, -0.2) is 4.79 Å². The molecule has 0 unspecified atom stereocenters. The molecule has 3 fully saturated rings. The van der Waals surface area contributed by atoms with Gasteiger partial charge in [-0.1, -0.05) is 13.8 Å². The molecule has 18 heavy (non-hydrogen) atoms. The van der Waals surface area contributed by atoms with Gasteiger partial charge in [-0.05, 0) is 12.6 Å². The Morgan fingerprint density at radius 3 is 2.56 bits per heavy atom. The minimum absolute atomic E-state index is 0.211. The summed E-state index contributed by atoms with van der Waals surface area (Å²) in [4.78, 5) is 11.7. The molecule has 0 aromatic heterocycles. The molecule has 0 spiro atoms. The third-order valence-corrected chi connectivity index (χ3v) is 3.52. The Morgan fingerprint density at radius 1 is 1.11 bits per heavy atom. The first-order chi connectivity index (χ1) is 8.72. The van der Waals surface area contributed by atoms with Crippen LogP contribution in [0, 0.1) is 0 Å². The normalized spacial score (nSPS) is 39.3. The Bertz CT molecular complexity index is 340. The van der Waals surface area contributed by atoms with Crippen molar-refractivity contribution in [1.82, 2.24) is 0 Å². The van der Waals surface area contributed by atoms with E-state index in [1.54, 1.807) is 0 Å². The zero-order valence-corrected chi connectivity index (χ0v) is 10.5. The van der Waals surface area contributed by atoms with E-state index >= 15 is 0 Å². The molecule has 3 aliphatic rings. The Kier molecular flexibility index (Phi) is 3.36. The molecule has 8 heteroatoms. The fourth-order valence-electron chi connectivity index (χ4n) is 2.57. The number of carbonyl (C=O) groups is 1. The summed E-state index contributed by atoms with van der Waals surface area (Å²) in [6.45, 7) is 4.37. The number of cyclic esters (lactones) is 1. The minimum Gasteiger partial charge on any atom is -0.455 e. The number of fused-ring (bicyclic) bond motifs is 1. The van der Waals surface area contributed by atoms with E-state index in [0.717, 1.165) is 6.32 Å². The molecule has 0 N–H and O–H groups in total. The third-order valence-electron chi connectivity index (χ3n) is 3.52. The maximum Gasteiger partial charge on any atom is 0.457 e. The highest BCUT2D eigenvalue weighted by Gasteiger charge is 2.57. The number of carbonyl (C=O) groups excluding carboxylic acids is 1. The van der Waals surface area contributed by atoms with Crippen LogP contribution in [-0.4, -0.2) is 51.2 Å². The van der Waals surface area contributed by atoms with Crippen LogP contribution in [0.25, 0.3) is 0 Å². The van der Waals surface area contributed by atoms with Crippen molar-refractivity contribution in [2.75, 3.05) is 6.61 Å². The van der Waals surface area contributed by atoms with Crippen molar-refractivity contribution in [3.8, 4) is 0 Å². The van der Waals surface area contributed by atoms with Crippen molar-refractivity contribution >= 4 is 20.2 Å². The van der Waals surface area contributed by atoms with Crippen LogP contribution in [0.1, 0.15) is 13.8 Å². The van der Waals surface area contributed by atoms with E-state index in [1.807, 2.05) is 13.8 Å². The van der Waals surface area contributed by atoms with E-state index in [4.69, 9.17) is 23.4 Å². The van der Waals surface area contributed by atoms with E-state index in [0.29, 0.717) is 12.9 Å². The number of hydrogen-bond donors (Lipinski definition) is 0. The highest BCUT2D eigenvalue weighted by molar-refractivity contribution is 6.45. The molecule has 6 nitrogen and oxygen atoms in total. The quantitative estimate of drug-likeness (QED) is 0.526. The van der Waals surface area contributed by atoms with Crippen molar-refractivity contribution in [2.24, 2.45) is 0 Å². The van der Waals surface area contributed by atoms with Crippen LogP contribution in [0.3, 0.4) is 0 Å². The van der Waals surface area contributed by atoms with Gasteiger partial charge in [0.25, 0.3) is 0 Å². The molecule has 0 aromatic rings. The average Bonchev–Trinajstić information content (AvgIpc) is 3.05. The Labute approximate surface area is 107 Å². The van der Waals surface area contributed by atoms with Gasteiger partial charge in [0.05, 0.1) is 6.61 Å². The Balaban J connectivity index is 1.69. The number of ether oxygens (including phenoxy) is 1. The molecule has 0 aliphatic carbocycles. The summed E-state index contributed by atoms with van der Waals surface area (Å²) in [5.74, 6) is -0.357. The summed E-state index contributed by atoms with van der Waals surface area (Å²) >= 11 is 0. The SMILES string of the molecule is CCB1OC[C@H]([C@@H]2OC(=O)[C@@H]3OB(CC)O[C@H]23)O1. The summed E-state index contributed by atoms with van der Waals surface area (Å²) < 4.78 is 27.6. The van der Waals surface area contributed by atoms with Gasteiger partial charge in [0.2, 0.25) is 0 Å². The highest BCUT2D eigenvalue weighted by Crippen LogP contribution is 2.34.